The predicted octanol–water partition coefficient (Wildman–Crippen LogP) is 2.69. The van der Waals surface area contributed by atoms with Crippen LogP contribution in [0.25, 0.3) is 10.9 Å². The number of fused-ring (bicyclic) bond motifs is 1. The van der Waals surface area contributed by atoms with E-state index in [1.807, 2.05) is 0 Å². The highest BCUT2D eigenvalue weighted by Crippen LogP contribution is 2.28. The van der Waals surface area contributed by atoms with Gasteiger partial charge in [-0.3, -0.25) is 4.79 Å². The van der Waals surface area contributed by atoms with Crippen LogP contribution >= 0.6 is 0 Å². The summed E-state index contributed by atoms with van der Waals surface area (Å²) in [6.45, 7) is 0.668. The van der Waals surface area contributed by atoms with Crippen LogP contribution in [0.4, 0.5) is 4.39 Å². The first-order chi connectivity index (χ1) is 8.81. The molecule has 1 aromatic carbocycles. The van der Waals surface area contributed by atoms with Crippen molar-refractivity contribution in [1.29, 1.82) is 0 Å². The van der Waals surface area contributed by atoms with Gasteiger partial charge in [0.1, 0.15) is 11.3 Å². The number of hydrogen-bond donors (Lipinski definition) is 0. The molecule has 1 atom stereocenters. The molecule has 1 unspecified atom stereocenters. The molecule has 2 aromatic rings. The fraction of sp³-hybridized carbons (Fsp3) is 0.385. The summed E-state index contributed by atoms with van der Waals surface area (Å²) in [7, 11) is 0. The van der Waals surface area contributed by atoms with E-state index >= 15 is 0 Å². The van der Waals surface area contributed by atoms with Gasteiger partial charge in [0.2, 0.25) is 0 Å². The summed E-state index contributed by atoms with van der Waals surface area (Å²) in [5.41, 5.74) is 0.806. The molecule has 0 N–H and O–H groups in total. The summed E-state index contributed by atoms with van der Waals surface area (Å²) < 4.78 is 21.1. The zero-order valence-corrected chi connectivity index (χ0v) is 9.80. The Kier molecular flexibility index (Phi) is 2.83. The molecule has 0 spiro atoms. The van der Waals surface area contributed by atoms with E-state index in [9.17, 15) is 9.18 Å². The first-order valence-corrected chi connectivity index (χ1v) is 6.04. The quantitative estimate of drug-likeness (QED) is 0.767. The lowest BCUT2D eigenvalue weighted by atomic mass is 10.1. The molecule has 94 valence electrons. The van der Waals surface area contributed by atoms with E-state index in [2.05, 4.69) is 5.10 Å². The smallest absolute Gasteiger partial charge is 0.150 e. The third-order valence-corrected chi connectivity index (χ3v) is 3.30. The van der Waals surface area contributed by atoms with E-state index in [1.165, 1.54) is 18.3 Å². The van der Waals surface area contributed by atoms with E-state index in [-0.39, 0.29) is 12.0 Å². The molecule has 1 fully saturated rings. The molecular weight excluding hydrogens is 235 g/mol. The van der Waals surface area contributed by atoms with Crippen molar-refractivity contribution in [1.82, 2.24) is 9.78 Å². The Bertz CT molecular complexity index is 588. The lowest BCUT2D eigenvalue weighted by Gasteiger charge is -2.23. The maximum atomic E-state index is 13.9. The van der Waals surface area contributed by atoms with Crippen molar-refractivity contribution in [2.75, 3.05) is 6.61 Å². The number of nitrogens with zero attached hydrogens (tertiary/aromatic N) is 2. The highest BCUT2D eigenvalue weighted by Gasteiger charge is 2.21. The number of aldehydes is 1. The second kappa shape index (κ2) is 4.49. The van der Waals surface area contributed by atoms with Crippen LogP contribution in [0.3, 0.4) is 0 Å². The van der Waals surface area contributed by atoms with Gasteiger partial charge in [0.25, 0.3) is 0 Å². The molecule has 3 rings (SSSR count). The molecule has 1 aliphatic heterocycles. The first kappa shape index (κ1) is 11.3. The van der Waals surface area contributed by atoms with Crippen LogP contribution in [0.15, 0.2) is 18.3 Å². The number of halogens is 1. The Labute approximate surface area is 103 Å². The second-order valence-electron chi connectivity index (χ2n) is 4.43. The van der Waals surface area contributed by atoms with Crippen LogP contribution in [0, 0.1) is 5.82 Å². The Morgan fingerprint density at radius 3 is 3.06 bits per heavy atom. The topological polar surface area (TPSA) is 44.1 Å². The summed E-state index contributed by atoms with van der Waals surface area (Å²) in [5, 5.41) is 4.72. The van der Waals surface area contributed by atoms with Crippen LogP contribution in [0.1, 0.15) is 35.8 Å². The number of carbonyl (C=O) groups is 1. The lowest BCUT2D eigenvalue weighted by molar-refractivity contribution is -0.0369. The molecule has 0 aliphatic carbocycles. The third kappa shape index (κ3) is 1.71. The van der Waals surface area contributed by atoms with Crippen LogP contribution < -0.4 is 0 Å². The van der Waals surface area contributed by atoms with E-state index < -0.39 is 0 Å². The Hall–Kier alpha value is -1.75. The molecule has 1 saturated heterocycles. The number of aromatic nitrogens is 2. The number of carbonyl (C=O) groups excluding carboxylic acids is 1. The van der Waals surface area contributed by atoms with Crippen molar-refractivity contribution >= 4 is 17.2 Å². The monoisotopic (exact) mass is 248 g/mol. The minimum atomic E-state index is -0.373. The molecule has 0 amide bonds. The average Bonchev–Trinajstić information content (AvgIpc) is 2.86. The minimum absolute atomic E-state index is 0.229. The van der Waals surface area contributed by atoms with Gasteiger partial charge < -0.3 is 4.74 Å². The van der Waals surface area contributed by atoms with Crippen molar-refractivity contribution in [2.24, 2.45) is 0 Å². The fourth-order valence-corrected chi connectivity index (χ4v) is 2.38. The molecule has 0 radical (unpaired) electrons. The van der Waals surface area contributed by atoms with Gasteiger partial charge in [-0.2, -0.15) is 5.10 Å². The molecule has 2 heterocycles. The predicted molar refractivity (Wildman–Crippen MR) is 63.9 cm³/mol. The molecule has 18 heavy (non-hydrogen) atoms. The van der Waals surface area contributed by atoms with Crippen LogP contribution in [0.5, 0.6) is 0 Å². The number of rotatable bonds is 2. The number of hydrogen-bond acceptors (Lipinski definition) is 3. The Morgan fingerprint density at radius 2 is 2.33 bits per heavy atom. The maximum absolute atomic E-state index is 13.9. The molecule has 0 bridgehead atoms. The average molecular weight is 248 g/mol. The van der Waals surface area contributed by atoms with Crippen molar-refractivity contribution in [3.05, 3.63) is 29.7 Å². The molecule has 0 saturated carbocycles. The lowest BCUT2D eigenvalue weighted by Crippen LogP contribution is -2.19. The van der Waals surface area contributed by atoms with Gasteiger partial charge in [-0.1, -0.05) is 0 Å². The van der Waals surface area contributed by atoms with Gasteiger partial charge in [0, 0.05) is 17.6 Å². The summed E-state index contributed by atoms with van der Waals surface area (Å²) in [5.74, 6) is -0.373. The number of benzene rings is 1. The molecule has 1 aliphatic rings. The minimum Gasteiger partial charge on any atom is -0.356 e. The Balaban J connectivity index is 2.15. The second-order valence-corrected chi connectivity index (χ2v) is 4.43. The van der Waals surface area contributed by atoms with Crippen molar-refractivity contribution in [2.45, 2.75) is 25.5 Å². The van der Waals surface area contributed by atoms with E-state index in [0.29, 0.717) is 23.1 Å². The van der Waals surface area contributed by atoms with E-state index in [0.717, 1.165) is 25.5 Å². The highest BCUT2D eigenvalue weighted by atomic mass is 19.1. The number of ether oxygens (including phenoxy) is 1. The van der Waals surface area contributed by atoms with Gasteiger partial charge in [0.05, 0.1) is 6.20 Å². The highest BCUT2D eigenvalue weighted by molar-refractivity contribution is 5.96. The molecule has 1 aromatic heterocycles. The van der Waals surface area contributed by atoms with E-state index in [4.69, 9.17) is 4.74 Å². The third-order valence-electron chi connectivity index (χ3n) is 3.30. The van der Waals surface area contributed by atoms with Gasteiger partial charge in [-0.15, -0.1) is 0 Å². The normalized spacial score (nSPS) is 20.2. The zero-order chi connectivity index (χ0) is 12.5. The van der Waals surface area contributed by atoms with Gasteiger partial charge in [-0.25, -0.2) is 9.07 Å². The SMILES string of the molecule is O=Cc1ccc(F)c2c1cnn2C1CCCCO1. The van der Waals surface area contributed by atoms with Crippen LogP contribution in [0.2, 0.25) is 0 Å². The van der Waals surface area contributed by atoms with Crippen LogP contribution in [-0.2, 0) is 4.74 Å². The summed E-state index contributed by atoms with van der Waals surface area (Å²) in [6, 6.07) is 2.77. The summed E-state index contributed by atoms with van der Waals surface area (Å²) in [6.07, 6.45) is 4.91. The molecular formula is C13H13FN2O2. The summed E-state index contributed by atoms with van der Waals surface area (Å²) >= 11 is 0. The Morgan fingerprint density at radius 1 is 1.44 bits per heavy atom. The molecule has 4 nitrogen and oxygen atoms in total. The zero-order valence-electron chi connectivity index (χ0n) is 9.80. The maximum Gasteiger partial charge on any atom is 0.150 e. The van der Waals surface area contributed by atoms with Gasteiger partial charge in [-0.05, 0) is 31.4 Å². The molecule has 5 heteroatoms. The van der Waals surface area contributed by atoms with Crippen molar-refractivity contribution < 1.29 is 13.9 Å². The van der Waals surface area contributed by atoms with E-state index in [1.54, 1.807) is 4.68 Å². The van der Waals surface area contributed by atoms with Gasteiger partial charge in [0.15, 0.2) is 12.5 Å². The largest absolute Gasteiger partial charge is 0.356 e. The summed E-state index contributed by atoms with van der Waals surface area (Å²) in [4.78, 5) is 10.9. The van der Waals surface area contributed by atoms with Gasteiger partial charge >= 0.3 is 0 Å². The van der Waals surface area contributed by atoms with Crippen molar-refractivity contribution in [3.63, 3.8) is 0 Å². The first-order valence-electron chi connectivity index (χ1n) is 6.04. The van der Waals surface area contributed by atoms with Crippen molar-refractivity contribution in [3.8, 4) is 0 Å². The standard InChI is InChI=1S/C13H13FN2O2/c14-11-5-4-9(8-17)10-7-15-16(13(10)11)12-3-1-2-6-18-12/h4-5,7-8,12H,1-3,6H2. The van der Waals surface area contributed by atoms with Crippen LogP contribution in [-0.4, -0.2) is 22.7 Å². The fourth-order valence-electron chi connectivity index (χ4n) is 2.38.